The number of hydrogen-bond acceptors (Lipinski definition) is 6. The van der Waals surface area contributed by atoms with Crippen LogP contribution in [-0.2, 0) is 0 Å². The molecule has 0 amide bonds. The first-order valence-electron chi connectivity index (χ1n) is 16.5. The molecule has 0 fully saturated rings. The number of hydrogen-bond donors (Lipinski definition) is 0. The SMILES string of the molecule is c1ccc(-c2cccc(-c3nc(-c4ccccc4)nc(-c4ccc5ccc6oc7ccc8nc(-c9ccccc9)oc8c7c6c5c4)n3)c2)cc1. The summed E-state index contributed by atoms with van der Waals surface area (Å²) in [4.78, 5) is 19.9. The Morgan fingerprint density at radius 3 is 1.66 bits per heavy atom. The molecule has 0 saturated carbocycles. The zero-order chi connectivity index (χ0) is 33.0. The summed E-state index contributed by atoms with van der Waals surface area (Å²) in [5.74, 6) is 2.38. The van der Waals surface area contributed by atoms with Crippen LogP contribution >= 0.6 is 0 Å². The number of oxazole rings is 1. The Balaban J connectivity index is 1.18. The first kappa shape index (κ1) is 28.1. The van der Waals surface area contributed by atoms with Crippen LogP contribution in [0.15, 0.2) is 167 Å². The highest BCUT2D eigenvalue weighted by molar-refractivity contribution is 6.25. The fourth-order valence-corrected chi connectivity index (χ4v) is 6.72. The standard InChI is InChI=1S/C44H26N4O2/c1-4-11-27(12-5-1)31-17-10-18-32(25-31)42-46-41(29-13-6-2-7-14-29)47-43(48-42)33-20-19-28-21-23-36-38(34(28)26-33)39-37(49-36)24-22-35-40(39)50-44(45-35)30-15-8-3-9-16-30/h1-26H. The lowest BCUT2D eigenvalue weighted by Gasteiger charge is -2.10. The van der Waals surface area contributed by atoms with Gasteiger partial charge in [0.25, 0.3) is 0 Å². The Hall–Kier alpha value is -6.92. The molecule has 6 heteroatoms. The second kappa shape index (κ2) is 11.4. The highest BCUT2D eigenvalue weighted by Crippen LogP contribution is 2.41. The maximum atomic E-state index is 6.46. The van der Waals surface area contributed by atoms with Crippen molar-refractivity contribution in [2.45, 2.75) is 0 Å². The Kier molecular flexibility index (Phi) is 6.39. The molecule has 0 atom stereocenters. The topological polar surface area (TPSA) is 77.8 Å². The van der Waals surface area contributed by atoms with Crippen molar-refractivity contribution in [3.63, 3.8) is 0 Å². The van der Waals surface area contributed by atoms with E-state index < -0.39 is 0 Å². The van der Waals surface area contributed by atoms with Crippen molar-refractivity contribution in [2.24, 2.45) is 0 Å². The van der Waals surface area contributed by atoms with Gasteiger partial charge in [-0.2, -0.15) is 0 Å². The van der Waals surface area contributed by atoms with Gasteiger partial charge in [0.05, 0.1) is 5.39 Å². The van der Waals surface area contributed by atoms with Gasteiger partial charge in [-0.3, -0.25) is 0 Å². The van der Waals surface area contributed by atoms with Crippen LogP contribution < -0.4 is 0 Å². The van der Waals surface area contributed by atoms with Crippen molar-refractivity contribution in [1.82, 2.24) is 19.9 Å². The predicted molar refractivity (Wildman–Crippen MR) is 199 cm³/mol. The molecule has 10 rings (SSSR count). The smallest absolute Gasteiger partial charge is 0.227 e. The maximum Gasteiger partial charge on any atom is 0.227 e. The van der Waals surface area contributed by atoms with Gasteiger partial charge in [0.1, 0.15) is 16.7 Å². The summed E-state index contributed by atoms with van der Waals surface area (Å²) in [6, 6.07) is 53.0. The van der Waals surface area contributed by atoms with Gasteiger partial charge in [0.2, 0.25) is 5.89 Å². The molecule has 234 valence electrons. The number of benzene rings is 7. The van der Waals surface area contributed by atoms with E-state index in [4.69, 9.17) is 28.8 Å². The molecule has 0 bridgehead atoms. The van der Waals surface area contributed by atoms with Gasteiger partial charge in [-0.1, -0.05) is 115 Å². The number of rotatable bonds is 5. The molecular weight excluding hydrogens is 617 g/mol. The van der Waals surface area contributed by atoms with E-state index in [0.29, 0.717) is 28.9 Å². The van der Waals surface area contributed by atoms with E-state index in [0.717, 1.165) is 71.6 Å². The normalized spacial score (nSPS) is 11.6. The summed E-state index contributed by atoms with van der Waals surface area (Å²) >= 11 is 0. The Morgan fingerprint density at radius 2 is 0.920 bits per heavy atom. The molecule has 0 radical (unpaired) electrons. The van der Waals surface area contributed by atoms with Crippen LogP contribution in [0, 0.1) is 0 Å². The molecular formula is C44H26N4O2. The second-order valence-electron chi connectivity index (χ2n) is 12.3. The zero-order valence-electron chi connectivity index (χ0n) is 26.6. The summed E-state index contributed by atoms with van der Waals surface area (Å²) < 4.78 is 12.9. The van der Waals surface area contributed by atoms with Gasteiger partial charge in [-0.25, -0.2) is 19.9 Å². The average Bonchev–Trinajstić information content (AvgIpc) is 3.81. The van der Waals surface area contributed by atoms with E-state index in [1.807, 2.05) is 109 Å². The minimum absolute atomic E-state index is 0.575. The van der Waals surface area contributed by atoms with Crippen LogP contribution in [0.5, 0.6) is 0 Å². The molecule has 7 aromatic carbocycles. The summed E-state index contributed by atoms with van der Waals surface area (Å²) in [7, 11) is 0. The van der Waals surface area contributed by atoms with Crippen molar-refractivity contribution in [1.29, 1.82) is 0 Å². The van der Waals surface area contributed by atoms with Crippen LogP contribution in [0.3, 0.4) is 0 Å². The molecule has 0 aliphatic carbocycles. The van der Waals surface area contributed by atoms with Gasteiger partial charge in [0.15, 0.2) is 23.1 Å². The average molecular weight is 643 g/mol. The molecule has 0 N–H and O–H groups in total. The fourth-order valence-electron chi connectivity index (χ4n) is 6.72. The van der Waals surface area contributed by atoms with E-state index in [9.17, 15) is 0 Å². The van der Waals surface area contributed by atoms with Crippen molar-refractivity contribution in [3.8, 4) is 56.7 Å². The lowest BCUT2D eigenvalue weighted by Crippen LogP contribution is -2.00. The highest BCUT2D eigenvalue weighted by atomic mass is 16.4. The maximum absolute atomic E-state index is 6.46. The van der Waals surface area contributed by atoms with Crippen LogP contribution in [-0.4, -0.2) is 19.9 Å². The van der Waals surface area contributed by atoms with Crippen LogP contribution in [0.4, 0.5) is 0 Å². The molecule has 6 nitrogen and oxygen atoms in total. The van der Waals surface area contributed by atoms with E-state index >= 15 is 0 Å². The van der Waals surface area contributed by atoms with Crippen LogP contribution in [0.1, 0.15) is 0 Å². The minimum Gasteiger partial charge on any atom is -0.456 e. The van der Waals surface area contributed by atoms with E-state index in [2.05, 4.69) is 48.5 Å². The fraction of sp³-hybridized carbons (Fsp3) is 0. The number of fused-ring (bicyclic) bond motifs is 7. The molecule has 50 heavy (non-hydrogen) atoms. The summed E-state index contributed by atoms with van der Waals surface area (Å²) in [5, 5.41) is 3.94. The summed E-state index contributed by atoms with van der Waals surface area (Å²) in [5.41, 5.74) is 8.85. The largest absolute Gasteiger partial charge is 0.456 e. The zero-order valence-corrected chi connectivity index (χ0v) is 26.6. The van der Waals surface area contributed by atoms with Crippen molar-refractivity contribution < 1.29 is 8.83 Å². The van der Waals surface area contributed by atoms with Gasteiger partial charge >= 0.3 is 0 Å². The first-order chi connectivity index (χ1) is 24.7. The molecule has 3 heterocycles. The molecule has 0 aliphatic heterocycles. The monoisotopic (exact) mass is 642 g/mol. The number of aromatic nitrogens is 4. The third-order valence-corrected chi connectivity index (χ3v) is 9.15. The molecule has 3 aromatic heterocycles. The van der Waals surface area contributed by atoms with E-state index in [-0.39, 0.29) is 0 Å². The molecule has 0 unspecified atom stereocenters. The van der Waals surface area contributed by atoms with Gasteiger partial charge in [-0.15, -0.1) is 0 Å². The molecule has 0 saturated heterocycles. The van der Waals surface area contributed by atoms with Gasteiger partial charge in [0, 0.05) is 27.6 Å². The summed E-state index contributed by atoms with van der Waals surface area (Å²) in [6.45, 7) is 0. The first-order valence-corrected chi connectivity index (χ1v) is 16.5. The molecule has 0 aliphatic rings. The van der Waals surface area contributed by atoms with Crippen molar-refractivity contribution in [2.75, 3.05) is 0 Å². The van der Waals surface area contributed by atoms with Gasteiger partial charge in [-0.05, 0) is 64.4 Å². The van der Waals surface area contributed by atoms with Crippen LogP contribution in [0.2, 0.25) is 0 Å². The lowest BCUT2D eigenvalue weighted by molar-refractivity contribution is 0.622. The molecule has 0 spiro atoms. The number of furan rings is 1. The third-order valence-electron chi connectivity index (χ3n) is 9.15. The Labute approximate surface area is 286 Å². The lowest BCUT2D eigenvalue weighted by atomic mass is 10.0. The highest BCUT2D eigenvalue weighted by Gasteiger charge is 2.20. The minimum atomic E-state index is 0.575. The quantitative estimate of drug-likeness (QED) is 0.186. The van der Waals surface area contributed by atoms with Gasteiger partial charge < -0.3 is 8.83 Å². The summed E-state index contributed by atoms with van der Waals surface area (Å²) in [6.07, 6.45) is 0. The number of nitrogens with zero attached hydrogens (tertiary/aromatic N) is 4. The molecule has 10 aromatic rings. The predicted octanol–water partition coefficient (Wildman–Crippen LogP) is 11.4. The Bertz CT molecular complexity index is 2860. The van der Waals surface area contributed by atoms with E-state index in [1.165, 1.54) is 0 Å². The third kappa shape index (κ3) is 4.73. The van der Waals surface area contributed by atoms with Crippen molar-refractivity contribution in [3.05, 3.63) is 158 Å². The van der Waals surface area contributed by atoms with Crippen molar-refractivity contribution >= 4 is 43.8 Å². The van der Waals surface area contributed by atoms with Crippen LogP contribution in [0.25, 0.3) is 101 Å². The van der Waals surface area contributed by atoms with E-state index in [1.54, 1.807) is 0 Å². The second-order valence-corrected chi connectivity index (χ2v) is 12.3. The Morgan fingerprint density at radius 1 is 0.360 bits per heavy atom.